The lowest BCUT2D eigenvalue weighted by Crippen LogP contribution is -2.35. The third-order valence-electron chi connectivity index (χ3n) is 3.19. The van der Waals surface area contributed by atoms with Crippen molar-refractivity contribution in [2.24, 2.45) is 5.73 Å². The molecule has 0 saturated heterocycles. The molecule has 2 rings (SSSR count). The van der Waals surface area contributed by atoms with E-state index < -0.39 is 5.54 Å². The zero-order valence-electron chi connectivity index (χ0n) is 10.4. The zero-order chi connectivity index (χ0) is 13.3. The van der Waals surface area contributed by atoms with Crippen LogP contribution in [0.1, 0.15) is 23.6 Å². The maximum atomic E-state index is 13.4. The Labute approximate surface area is 115 Å². The first-order valence-corrected chi connectivity index (χ1v) is 6.53. The van der Waals surface area contributed by atoms with Crippen molar-refractivity contribution in [2.75, 3.05) is 0 Å². The summed E-state index contributed by atoms with van der Waals surface area (Å²) in [6.45, 7) is 3.84. The molecule has 94 valence electrons. The van der Waals surface area contributed by atoms with E-state index in [1.165, 1.54) is 12.1 Å². The molecule has 2 aromatic rings. The number of hydrogen-bond acceptors (Lipinski definition) is 1. The van der Waals surface area contributed by atoms with Crippen LogP contribution in [0.25, 0.3) is 0 Å². The third kappa shape index (κ3) is 2.33. The first kappa shape index (κ1) is 13.2. The molecule has 0 spiro atoms. The molecule has 18 heavy (non-hydrogen) atoms. The van der Waals surface area contributed by atoms with Crippen molar-refractivity contribution in [1.82, 2.24) is 0 Å². The predicted octanol–water partition coefficient (Wildman–Crippen LogP) is 4.12. The van der Waals surface area contributed by atoms with Crippen molar-refractivity contribution in [2.45, 2.75) is 19.4 Å². The van der Waals surface area contributed by atoms with Crippen molar-refractivity contribution >= 4 is 15.9 Å². The second-order valence-corrected chi connectivity index (χ2v) is 5.50. The topological polar surface area (TPSA) is 26.0 Å². The van der Waals surface area contributed by atoms with Gasteiger partial charge < -0.3 is 5.73 Å². The number of nitrogens with two attached hydrogens (primary N) is 1. The van der Waals surface area contributed by atoms with Gasteiger partial charge in [0.05, 0.1) is 5.54 Å². The first-order valence-electron chi connectivity index (χ1n) is 5.73. The molecule has 0 aliphatic rings. The Morgan fingerprint density at radius 3 is 2.44 bits per heavy atom. The van der Waals surface area contributed by atoms with E-state index in [0.29, 0.717) is 0 Å². The van der Waals surface area contributed by atoms with Crippen LogP contribution in [0.5, 0.6) is 0 Å². The fraction of sp³-hybridized carbons (Fsp3) is 0.200. The van der Waals surface area contributed by atoms with Gasteiger partial charge in [-0.2, -0.15) is 0 Å². The standard InChI is InChI=1S/C15H15BrFN/c1-10-7-8-11(17)9-13(10)15(2,18)12-5-3-4-6-14(12)16/h3-9H,18H2,1-2H3. The third-order valence-corrected chi connectivity index (χ3v) is 3.88. The smallest absolute Gasteiger partial charge is 0.123 e. The molecule has 1 nitrogen and oxygen atoms in total. The highest BCUT2D eigenvalue weighted by Gasteiger charge is 2.27. The molecule has 1 atom stereocenters. The van der Waals surface area contributed by atoms with Crippen LogP contribution in [0.3, 0.4) is 0 Å². The van der Waals surface area contributed by atoms with Crippen molar-refractivity contribution in [3.63, 3.8) is 0 Å². The maximum Gasteiger partial charge on any atom is 0.123 e. The van der Waals surface area contributed by atoms with Crippen LogP contribution in [0.2, 0.25) is 0 Å². The summed E-state index contributed by atoms with van der Waals surface area (Å²) in [6, 6.07) is 12.5. The van der Waals surface area contributed by atoms with Crippen molar-refractivity contribution < 1.29 is 4.39 Å². The van der Waals surface area contributed by atoms with Gasteiger partial charge in [-0.3, -0.25) is 0 Å². The molecular formula is C15H15BrFN. The number of benzene rings is 2. The molecule has 0 heterocycles. The largest absolute Gasteiger partial charge is 0.318 e. The summed E-state index contributed by atoms with van der Waals surface area (Å²) in [5, 5.41) is 0. The average molecular weight is 308 g/mol. The Morgan fingerprint density at radius 2 is 1.78 bits per heavy atom. The molecular weight excluding hydrogens is 293 g/mol. The van der Waals surface area contributed by atoms with Crippen molar-refractivity contribution in [3.05, 3.63) is 69.4 Å². The van der Waals surface area contributed by atoms with Crippen molar-refractivity contribution in [1.29, 1.82) is 0 Å². The quantitative estimate of drug-likeness (QED) is 0.887. The molecule has 0 aromatic heterocycles. The van der Waals surface area contributed by atoms with Gasteiger partial charge in [-0.15, -0.1) is 0 Å². The van der Waals surface area contributed by atoms with Gasteiger partial charge in [0.25, 0.3) is 0 Å². The second-order valence-electron chi connectivity index (χ2n) is 4.64. The minimum absolute atomic E-state index is 0.265. The van der Waals surface area contributed by atoms with Crippen LogP contribution in [0.15, 0.2) is 46.9 Å². The highest BCUT2D eigenvalue weighted by Crippen LogP contribution is 2.33. The van der Waals surface area contributed by atoms with Crippen LogP contribution in [-0.2, 0) is 5.54 Å². The van der Waals surface area contributed by atoms with Gasteiger partial charge in [-0.25, -0.2) is 4.39 Å². The van der Waals surface area contributed by atoms with Crippen LogP contribution >= 0.6 is 15.9 Å². The fourth-order valence-corrected chi connectivity index (χ4v) is 2.88. The monoisotopic (exact) mass is 307 g/mol. The summed E-state index contributed by atoms with van der Waals surface area (Å²) < 4.78 is 14.4. The molecule has 0 aliphatic carbocycles. The van der Waals surface area contributed by atoms with E-state index in [1.54, 1.807) is 6.07 Å². The maximum absolute atomic E-state index is 13.4. The summed E-state index contributed by atoms with van der Waals surface area (Å²) in [4.78, 5) is 0. The summed E-state index contributed by atoms with van der Waals surface area (Å²) in [7, 11) is 0. The number of hydrogen-bond donors (Lipinski definition) is 1. The van der Waals surface area contributed by atoms with Gasteiger partial charge in [0, 0.05) is 4.47 Å². The van der Waals surface area contributed by atoms with E-state index in [0.717, 1.165) is 21.2 Å². The normalized spacial score (nSPS) is 14.3. The highest BCUT2D eigenvalue weighted by atomic mass is 79.9. The van der Waals surface area contributed by atoms with Gasteiger partial charge in [0.1, 0.15) is 5.82 Å². The van der Waals surface area contributed by atoms with E-state index in [9.17, 15) is 4.39 Å². The summed E-state index contributed by atoms with van der Waals surface area (Å²) in [5.41, 5.74) is 8.43. The minimum Gasteiger partial charge on any atom is -0.318 e. The molecule has 2 aromatic carbocycles. The van der Waals surface area contributed by atoms with Crippen LogP contribution < -0.4 is 5.73 Å². The fourth-order valence-electron chi connectivity index (χ4n) is 2.18. The first-order chi connectivity index (χ1) is 8.43. The number of aryl methyl sites for hydroxylation is 1. The van der Waals surface area contributed by atoms with Crippen LogP contribution in [0.4, 0.5) is 4.39 Å². The molecule has 0 aliphatic heterocycles. The Hall–Kier alpha value is -1.19. The molecule has 0 fully saturated rings. The van der Waals surface area contributed by atoms with Gasteiger partial charge in [0.2, 0.25) is 0 Å². The lowest BCUT2D eigenvalue weighted by molar-refractivity contribution is 0.576. The molecule has 1 unspecified atom stereocenters. The summed E-state index contributed by atoms with van der Waals surface area (Å²) in [6.07, 6.45) is 0. The Kier molecular flexibility index (Phi) is 3.55. The molecule has 0 amide bonds. The minimum atomic E-state index is -0.730. The average Bonchev–Trinajstić information content (AvgIpc) is 2.32. The Bertz CT molecular complexity index is 578. The summed E-state index contributed by atoms with van der Waals surface area (Å²) >= 11 is 3.50. The lowest BCUT2D eigenvalue weighted by atomic mass is 9.83. The molecule has 0 bridgehead atoms. The van der Waals surface area contributed by atoms with Crippen LogP contribution in [0, 0.1) is 12.7 Å². The summed E-state index contributed by atoms with van der Waals surface area (Å²) in [5.74, 6) is -0.265. The zero-order valence-corrected chi connectivity index (χ0v) is 12.0. The van der Waals surface area contributed by atoms with E-state index in [2.05, 4.69) is 15.9 Å². The molecule has 2 N–H and O–H groups in total. The lowest BCUT2D eigenvalue weighted by Gasteiger charge is -2.28. The van der Waals surface area contributed by atoms with E-state index in [-0.39, 0.29) is 5.82 Å². The second kappa shape index (κ2) is 4.82. The predicted molar refractivity (Wildman–Crippen MR) is 75.9 cm³/mol. The SMILES string of the molecule is Cc1ccc(F)cc1C(C)(N)c1ccccc1Br. The molecule has 0 saturated carbocycles. The highest BCUT2D eigenvalue weighted by molar-refractivity contribution is 9.10. The number of rotatable bonds is 2. The van der Waals surface area contributed by atoms with Gasteiger partial charge in [-0.1, -0.05) is 40.2 Å². The van der Waals surface area contributed by atoms with Crippen LogP contribution in [-0.4, -0.2) is 0 Å². The van der Waals surface area contributed by atoms with Crippen molar-refractivity contribution in [3.8, 4) is 0 Å². The van der Waals surface area contributed by atoms with E-state index >= 15 is 0 Å². The van der Waals surface area contributed by atoms with E-state index in [4.69, 9.17) is 5.73 Å². The van der Waals surface area contributed by atoms with Gasteiger partial charge >= 0.3 is 0 Å². The Balaban J connectivity index is 2.61. The number of halogens is 2. The van der Waals surface area contributed by atoms with E-state index in [1.807, 2.05) is 38.1 Å². The van der Waals surface area contributed by atoms with Gasteiger partial charge in [-0.05, 0) is 48.7 Å². The molecule has 3 heteroatoms. The Morgan fingerprint density at radius 1 is 1.11 bits per heavy atom. The molecule has 0 radical (unpaired) electrons. The van der Waals surface area contributed by atoms with Gasteiger partial charge in [0.15, 0.2) is 0 Å².